The van der Waals surface area contributed by atoms with Crippen molar-refractivity contribution in [1.29, 1.82) is 0 Å². The van der Waals surface area contributed by atoms with E-state index >= 15 is 0 Å². The molecule has 1 fully saturated rings. The van der Waals surface area contributed by atoms with Gasteiger partial charge < -0.3 is 19.7 Å². The zero-order chi connectivity index (χ0) is 14.4. The topological polar surface area (TPSA) is 33.7 Å². The summed E-state index contributed by atoms with van der Waals surface area (Å²) >= 11 is 0. The van der Waals surface area contributed by atoms with E-state index in [1.165, 1.54) is 0 Å². The number of anilines is 1. The summed E-state index contributed by atoms with van der Waals surface area (Å²) in [6, 6.07) is 5.68. The van der Waals surface area contributed by atoms with Gasteiger partial charge in [0, 0.05) is 33.9 Å². The summed E-state index contributed by atoms with van der Waals surface area (Å²) in [5.74, 6) is -0.176. The van der Waals surface area contributed by atoms with Crippen LogP contribution in [0.5, 0.6) is 0 Å². The van der Waals surface area contributed by atoms with E-state index in [9.17, 15) is 4.39 Å². The van der Waals surface area contributed by atoms with Crippen LogP contribution >= 0.6 is 0 Å². The summed E-state index contributed by atoms with van der Waals surface area (Å²) < 4.78 is 24.5. The molecular formula is C15H23FN2O2. The molecule has 2 rings (SSSR count). The van der Waals surface area contributed by atoms with Crippen LogP contribution in [0.15, 0.2) is 18.2 Å². The van der Waals surface area contributed by atoms with Crippen molar-refractivity contribution in [3.63, 3.8) is 0 Å². The number of nitrogens with one attached hydrogen (secondary N) is 1. The van der Waals surface area contributed by atoms with E-state index in [0.29, 0.717) is 25.4 Å². The molecule has 1 aliphatic rings. The average molecular weight is 282 g/mol. The Hall–Kier alpha value is -1.17. The Morgan fingerprint density at radius 2 is 2.35 bits per heavy atom. The van der Waals surface area contributed by atoms with Gasteiger partial charge in [-0.2, -0.15) is 0 Å². The molecule has 1 aromatic carbocycles. The highest BCUT2D eigenvalue weighted by Gasteiger charge is 2.22. The Balaban J connectivity index is 1.94. The van der Waals surface area contributed by atoms with E-state index in [4.69, 9.17) is 9.47 Å². The minimum Gasteiger partial charge on any atom is -0.383 e. The number of likely N-dealkylation sites (N-methyl/N-ethyl adjacent to an activating group) is 1. The van der Waals surface area contributed by atoms with Crippen molar-refractivity contribution in [3.05, 3.63) is 29.6 Å². The number of hydrogen-bond acceptors (Lipinski definition) is 4. The first-order valence-corrected chi connectivity index (χ1v) is 7.01. The number of ether oxygens (including phenoxy) is 2. The van der Waals surface area contributed by atoms with E-state index in [1.54, 1.807) is 13.2 Å². The molecule has 1 unspecified atom stereocenters. The van der Waals surface area contributed by atoms with Gasteiger partial charge >= 0.3 is 0 Å². The van der Waals surface area contributed by atoms with Crippen LogP contribution < -0.4 is 10.2 Å². The molecule has 1 aliphatic heterocycles. The van der Waals surface area contributed by atoms with Crippen LogP contribution in [0.3, 0.4) is 0 Å². The van der Waals surface area contributed by atoms with Gasteiger partial charge in [0.05, 0.1) is 24.9 Å². The zero-order valence-electron chi connectivity index (χ0n) is 12.2. The molecule has 0 saturated carbocycles. The fourth-order valence-electron chi connectivity index (χ4n) is 2.38. The standard InChI is InChI=1S/C15H23FN2O2/c1-18(13-5-7-20-11-13)15-4-3-12(9-14(15)16)10-17-6-8-19-2/h3-4,9,13,17H,5-8,10-11H2,1-2H3. The largest absolute Gasteiger partial charge is 0.383 e. The van der Waals surface area contributed by atoms with Crippen molar-refractivity contribution in [1.82, 2.24) is 5.32 Å². The summed E-state index contributed by atoms with van der Waals surface area (Å²) in [5, 5.41) is 3.21. The number of nitrogens with zero attached hydrogens (tertiary/aromatic N) is 1. The van der Waals surface area contributed by atoms with Gasteiger partial charge in [-0.05, 0) is 24.1 Å². The van der Waals surface area contributed by atoms with Crippen LogP contribution in [-0.2, 0) is 16.0 Å². The number of hydrogen-bond donors (Lipinski definition) is 1. The second-order valence-electron chi connectivity index (χ2n) is 5.08. The molecule has 112 valence electrons. The lowest BCUT2D eigenvalue weighted by atomic mass is 10.1. The quantitative estimate of drug-likeness (QED) is 0.773. The monoisotopic (exact) mass is 282 g/mol. The minimum absolute atomic E-state index is 0.176. The number of halogens is 1. The lowest BCUT2D eigenvalue weighted by molar-refractivity contribution is 0.193. The van der Waals surface area contributed by atoms with E-state index < -0.39 is 0 Å². The second kappa shape index (κ2) is 7.57. The zero-order valence-corrected chi connectivity index (χ0v) is 12.2. The fourth-order valence-corrected chi connectivity index (χ4v) is 2.38. The lowest BCUT2D eigenvalue weighted by Gasteiger charge is -2.26. The first kappa shape index (κ1) is 15.2. The molecule has 1 saturated heterocycles. The molecule has 1 heterocycles. The first-order chi connectivity index (χ1) is 9.72. The van der Waals surface area contributed by atoms with Gasteiger partial charge in [0.1, 0.15) is 5.82 Å². The highest BCUT2D eigenvalue weighted by atomic mass is 19.1. The molecule has 1 aromatic rings. The van der Waals surface area contributed by atoms with Crippen LogP contribution in [0.1, 0.15) is 12.0 Å². The minimum atomic E-state index is -0.176. The van der Waals surface area contributed by atoms with Crippen molar-refractivity contribution in [2.75, 3.05) is 45.4 Å². The van der Waals surface area contributed by atoms with Crippen LogP contribution in [0.4, 0.5) is 10.1 Å². The Morgan fingerprint density at radius 1 is 1.50 bits per heavy atom. The van der Waals surface area contributed by atoms with Gasteiger partial charge in [0.25, 0.3) is 0 Å². The van der Waals surface area contributed by atoms with Gasteiger partial charge in [0.2, 0.25) is 0 Å². The summed E-state index contributed by atoms with van der Waals surface area (Å²) in [5.41, 5.74) is 1.58. The summed E-state index contributed by atoms with van der Waals surface area (Å²) in [7, 11) is 3.59. The third-order valence-electron chi connectivity index (χ3n) is 3.66. The Bertz CT molecular complexity index is 422. The Kier molecular flexibility index (Phi) is 5.76. The molecule has 0 bridgehead atoms. The Labute approximate surface area is 119 Å². The lowest BCUT2D eigenvalue weighted by Crippen LogP contribution is -2.32. The molecule has 0 aromatic heterocycles. The molecule has 5 heteroatoms. The van der Waals surface area contributed by atoms with Crippen LogP contribution in [0.2, 0.25) is 0 Å². The first-order valence-electron chi connectivity index (χ1n) is 7.01. The van der Waals surface area contributed by atoms with Crippen LogP contribution in [0.25, 0.3) is 0 Å². The number of benzene rings is 1. The van der Waals surface area contributed by atoms with Crippen LogP contribution in [0, 0.1) is 5.82 Å². The van der Waals surface area contributed by atoms with Gasteiger partial charge in [0.15, 0.2) is 0 Å². The summed E-state index contributed by atoms with van der Waals surface area (Å²) in [6.45, 7) is 3.51. The predicted molar refractivity (Wildman–Crippen MR) is 77.6 cm³/mol. The highest BCUT2D eigenvalue weighted by molar-refractivity contribution is 5.49. The average Bonchev–Trinajstić information content (AvgIpc) is 2.97. The molecule has 1 N–H and O–H groups in total. The molecule has 20 heavy (non-hydrogen) atoms. The van der Waals surface area contributed by atoms with E-state index in [0.717, 1.165) is 25.1 Å². The maximum atomic E-state index is 14.2. The van der Waals surface area contributed by atoms with Crippen LogP contribution in [-0.4, -0.2) is 46.6 Å². The fraction of sp³-hybridized carbons (Fsp3) is 0.600. The maximum absolute atomic E-state index is 14.2. The predicted octanol–water partition coefficient (Wildman–Crippen LogP) is 1.79. The van der Waals surface area contributed by atoms with Crippen molar-refractivity contribution in [2.24, 2.45) is 0 Å². The van der Waals surface area contributed by atoms with Crippen molar-refractivity contribution >= 4 is 5.69 Å². The van der Waals surface area contributed by atoms with Gasteiger partial charge in [-0.25, -0.2) is 4.39 Å². The van der Waals surface area contributed by atoms with Gasteiger partial charge in [-0.15, -0.1) is 0 Å². The highest BCUT2D eigenvalue weighted by Crippen LogP contribution is 2.24. The molecule has 0 spiro atoms. The summed E-state index contributed by atoms with van der Waals surface area (Å²) in [6.07, 6.45) is 0.955. The molecule has 0 aliphatic carbocycles. The maximum Gasteiger partial charge on any atom is 0.146 e. The SMILES string of the molecule is COCCNCc1ccc(N(C)C2CCOC2)c(F)c1. The number of rotatable bonds is 7. The normalized spacial score (nSPS) is 18.4. The van der Waals surface area contributed by atoms with E-state index in [-0.39, 0.29) is 11.9 Å². The Morgan fingerprint density at radius 3 is 3.00 bits per heavy atom. The summed E-state index contributed by atoms with van der Waals surface area (Å²) in [4.78, 5) is 1.98. The van der Waals surface area contributed by atoms with Crippen molar-refractivity contribution < 1.29 is 13.9 Å². The third-order valence-corrected chi connectivity index (χ3v) is 3.66. The molecule has 0 amide bonds. The van der Waals surface area contributed by atoms with E-state index in [1.807, 2.05) is 24.1 Å². The molecule has 0 radical (unpaired) electrons. The van der Waals surface area contributed by atoms with Gasteiger partial charge in [-0.1, -0.05) is 6.07 Å². The van der Waals surface area contributed by atoms with Crippen molar-refractivity contribution in [3.8, 4) is 0 Å². The van der Waals surface area contributed by atoms with Gasteiger partial charge in [-0.3, -0.25) is 0 Å². The second-order valence-corrected chi connectivity index (χ2v) is 5.08. The number of methoxy groups -OCH3 is 1. The third kappa shape index (κ3) is 3.91. The molecular weight excluding hydrogens is 259 g/mol. The molecule has 1 atom stereocenters. The van der Waals surface area contributed by atoms with E-state index in [2.05, 4.69) is 5.32 Å². The molecule has 4 nitrogen and oxygen atoms in total. The smallest absolute Gasteiger partial charge is 0.146 e. The van der Waals surface area contributed by atoms with Crippen molar-refractivity contribution in [2.45, 2.75) is 19.0 Å².